The van der Waals surface area contributed by atoms with Crippen LogP contribution in [0, 0.1) is 0 Å². The predicted octanol–water partition coefficient (Wildman–Crippen LogP) is 7.01. The van der Waals surface area contributed by atoms with Crippen LogP contribution in [0.15, 0.2) is 67.0 Å². The molecule has 1 saturated carbocycles. The van der Waals surface area contributed by atoms with Crippen LogP contribution in [-0.4, -0.2) is 97.3 Å². The largest absolute Gasteiger partial charge is 0.447 e. The van der Waals surface area contributed by atoms with Gasteiger partial charge in [0.05, 0.1) is 30.6 Å². The first-order valence-electron chi connectivity index (χ1n) is 16.3. The van der Waals surface area contributed by atoms with Crippen molar-refractivity contribution in [2.75, 3.05) is 40.3 Å². The van der Waals surface area contributed by atoms with Gasteiger partial charge in [0.25, 0.3) is 0 Å². The minimum absolute atomic E-state index is 0.191. The van der Waals surface area contributed by atoms with E-state index in [2.05, 4.69) is 40.3 Å². The number of ether oxygens (including phenoxy) is 2. The molecule has 2 amide bonds. The summed E-state index contributed by atoms with van der Waals surface area (Å²) in [5, 5.41) is 6.90. The summed E-state index contributed by atoms with van der Waals surface area (Å²) < 4.78 is 11.1. The van der Waals surface area contributed by atoms with Gasteiger partial charge in [-0.2, -0.15) is 0 Å². The Morgan fingerprint density at radius 2 is 1.77 bits per heavy atom. The highest BCUT2D eigenvalue weighted by molar-refractivity contribution is 6.30. The highest BCUT2D eigenvalue weighted by Gasteiger charge is 2.42. The second-order valence-corrected chi connectivity index (χ2v) is 12.8. The molecule has 11 heteroatoms. The lowest BCUT2D eigenvalue weighted by Crippen LogP contribution is -2.53. The molecule has 0 spiro atoms. The van der Waals surface area contributed by atoms with Gasteiger partial charge in [0.2, 0.25) is 0 Å². The van der Waals surface area contributed by atoms with E-state index in [0.717, 1.165) is 29.5 Å². The molecule has 1 aliphatic heterocycles. The van der Waals surface area contributed by atoms with Gasteiger partial charge >= 0.3 is 12.2 Å². The van der Waals surface area contributed by atoms with Gasteiger partial charge in [-0.05, 0) is 81.6 Å². The van der Waals surface area contributed by atoms with Crippen molar-refractivity contribution in [3.05, 3.63) is 78.1 Å². The molecule has 0 radical (unpaired) electrons. The van der Waals surface area contributed by atoms with Crippen molar-refractivity contribution in [1.82, 2.24) is 25.3 Å². The summed E-state index contributed by atoms with van der Waals surface area (Å²) >= 11 is 6.60. The standard InChI is InChI=1S/C34H49ClN6O4.C2H6/c1-10-37-30(23(2)3)31(40-17-19-41(20-18-40)33(43)44-24(4)5)27-12-11-26(35)21-28(27)25(6)29(13-16-36-22-39(8)9)38-32(42)45-34(7)14-15-34;1-2/h10-13,16,21-22,24,29-31,37H,1-2,6,14-15,17-20H2,3-5,7-9H3,(H,38,42);1-2H3/b16-13+,36-22?;. The summed E-state index contributed by atoms with van der Waals surface area (Å²) in [4.78, 5) is 35.8. The molecule has 1 aromatic rings. The third-order valence-corrected chi connectivity index (χ3v) is 7.97. The molecule has 2 fully saturated rings. The lowest BCUT2D eigenvalue weighted by atomic mass is 9.85. The van der Waals surface area contributed by atoms with Crippen LogP contribution in [-0.2, 0) is 9.47 Å². The zero-order valence-corrected chi connectivity index (χ0v) is 30.3. The molecule has 47 heavy (non-hydrogen) atoms. The van der Waals surface area contributed by atoms with Gasteiger partial charge in [-0.25, -0.2) is 14.6 Å². The quantitative estimate of drug-likeness (QED) is 0.125. The van der Waals surface area contributed by atoms with Crippen LogP contribution in [0.1, 0.15) is 71.6 Å². The summed E-state index contributed by atoms with van der Waals surface area (Å²) in [7, 11) is 3.75. The molecular formula is C36H55ClN6O4. The normalized spacial score (nSPS) is 17.6. The Bertz CT molecular complexity index is 1300. The average molecular weight is 671 g/mol. The first kappa shape index (κ1) is 39.4. The first-order chi connectivity index (χ1) is 22.2. The second kappa shape index (κ2) is 18.5. The van der Waals surface area contributed by atoms with Crippen LogP contribution < -0.4 is 10.6 Å². The summed E-state index contributed by atoms with van der Waals surface area (Å²) in [6.45, 7) is 26.4. The van der Waals surface area contributed by atoms with Crippen molar-refractivity contribution in [3.63, 3.8) is 0 Å². The SMILES string of the molecule is C=CNC(C(=C)C)C(c1ccc(Cl)cc1C(=C)C(/C=C/N=CN(C)C)NC(=O)OC1(C)CC1)N1CCN(C(=O)OC(C)C)CC1.CC. The van der Waals surface area contributed by atoms with E-state index in [0.29, 0.717) is 36.8 Å². The van der Waals surface area contributed by atoms with Crippen molar-refractivity contribution < 1.29 is 19.1 Å². The molecule has 260 valence electrons. The van der Waals surface area contributed by atoms with Crippen LogP contribution in [0.5, 0.6) is 0 Å². The molecule has 3 rings (SSSR count). The van der Waals surface area contributed by atoms with E-state index >= 15 is 0 Å². The minimum Gasteiger partial charge on any atom is -0.447 e. The number of alkyl carbamates (subject to hydrolysis) is 1. The summed E-state index contributed by atoms with van der Waals surface area (Å²) in [5.41, 5.74) is 2.79. The maximum absolute atomic E-state index is 13.0. The molecular weight excluding hydrogens is 616 g/mol. The fourth-order valence-corrected chi connectivity index (χ4v) is 5.30. The van der Waals surface area contributed by atoms with Gasteiger partial charge in [0.1, 0.15) is 5.60 Å². The van der Waals surface area contributed by atoms with Crippen molar-refractivity contribution in [3.8, 4) is 0 Å². The predicted molar refractivity (Wildman–Crippen MR) is 194 cm³/mol. The number of carbonyl (C=O) groups excluding carboxylic acids is 2. The fourth-order valence-electron chi connectivity index (χ4n) is 5.13. The first-order valence-corrected chi connectivity index (χ1v) is 16.7. The molecule has 10 nitrogen and oxygen atoms in total. The second-order valence-electron chi connectivity index (χ2n) is 12.4. The highest BCUT2D eigenvalue weighted by Crippen LogP contribution is 2.39. The Morgan fingerprint density at radius 3 is 2.30 bits per heavy atom. The Hall–Kier alpha value is -3.76. The molecule has 2 N–H and O–H groups in total. The van der Waals surface area contributed by atoms with Gasteiger partial charge in [0.15, 0.2) is 0 Å². The molecule has 2 aliphatic rings. The van der Waals surface area contributed by atoms with E-state index in [9.17, 15) is 9.59 Å². The van der Waals surface area contributed by atoms with Crippen LogP contribution in [0.4, 0.5) is 9.59 Å². The van der Waals surface area contributed by atoms with Crippen molar-refractivity contribution >= 4 is 35.7 Å². The summed E-state index contributed by atoms with van der Waals surface area (Å²) in [5.74, 6) is 0. The topological polar surface area (TPSA) is 98.7 Å². The van der Waals surface area contributed by atoms with Crippen LogP contribution in [0.2, 0.25) is 5.02 Å². The lowest BCUT2D eigenvalue weighted by Gasteiger charge is -2.43. The van der Waals surface area contributed by atoms with E-state index in [1.165, 1.54) is 0 Å². The number of hydrogen-bond acceptors (Lipinski definition) is 7. The number of carbonyl (C=O) groups is 2. The number of halogens is 1. The summed E-state index contributed by atoms with van der Waals surface area (Å²) in [6.07, 6.45) is 7.35. The third kappa shape index (κ3) is 12.1. The van der Waals surface area contributed by atoms with Crippen molar-refractivity contribution in [2.24, 2.45) is 4.99 Å². The van der Waals surface area contributed by atoms with Gasteiger partial charge in [-0.1, -0.05) is 56.8 Å². The van der Waals surface area contributed by atoms with Crippen molar-refractivity contribution in [1.29, 1.82) is 0 Å². The van der Waals surface area contributed by atoms with Gasteiger partial charge in [-0.15, -0.1) is 0 Å². The van der Waals surface area contributed by atoms with Gasteiger partial charge in [-0.3, -0.25) is 4.90 Å². The fraction of sp³-hybridized carbons (Fsp3) is 0.528. The maximum atomic E-state index is 13.0. The third-order valence-electron chi connectivity index (χ3n) is 7.73. The molecule has 1 aliphatic carbocycles. The molecule has 0 bridgehead atoms. The Morgan fingerprint density at radius 1 is 1.13 bits per heavy atom. The molecule has 3 unspecified atom stereocenters. The Labute approximate surface area is 287 Å². The molecule has 3 atom stereocenters. The smallest absolute Gasteiger partial charge is 0.410 e. The van der Waals surface area contributed by atoms with Crippen LogP contribution in [0.3, 0.4) is 0 Å². The zero-order valence-electron chi connectivity index (χ0n) is 29.5. The number of aliphatic imine (C=N–C) groups is 1. The monoisotopic (exact) mass is 670 g/mol. The molecule has 1 heterocycles. The van der Waals surface area contributed by atoms with E-state index in [1.807, 2.05) is 78.7 Å². The average Bonchev–Trinajstić information content (AvgIpc) is 3.75. The zero-order chi connectivity index (χ0) is 35.3. The number of amides is 2. The number of hydrogen-bond donors (Lipinski definition) is 2. The number of nitrogens with zero attached hydrogens (tertiary/aromatic N) is 4. The maximum Gasteiger partial charge on any atom is 0.410 e. The van der Waals surface area contributed by atoms with Gasteiger partial charge in [0, 0.05) is 51.5 Å². The number of nitrogens with one attached hydrogen (secondary N) is 2. The van der Waals surface area contributed by atoms with Crippen molar-refractivity contribution in [2.45, 2.75) is 84.2 Å². The number of rotatable bonds is 14. The number of piperazine rings is 1. The van der Waals surface area contributed by atoms with E-state index in [-0.39, 0.29) is 24.3 Å². The van der Waals surface area contributed by atoms with E-state index in [4.69, 9.17) is 21.1 Å². The Kier molecular flexibility index (Phi) is 15.6. The molecule has 1 saturated heterocycles. The minimum atomic E-state index is -0.643. The number of benzene rings is 1. The highest BCUT2D eigenvalue weighted by atomic mass is 35.5. The van der Waals surface area contributed by atoms with E-state index in [1.54, 1.807) is 29.7 Å². The summed E-state index contributed by atoms with van der Waals surface area (Å²) in [6, 6.07) is 4.60. The van der Waals surface area contributed by atoms with Crippen LogP contribution in [0.25, 0.3) is 5.57 Å². The molecule has 1 aromatic carbocycles. The van der Waals surface area contributed by atoms with Crippen LogP contribution >= 0.6 is 11.6 Å². The van der Waals surface area contributed by atoms with E-state index < -0.39 is 17.7 Å². The Balaban J connectivity index is 0.00000376. The molecule has 0 aromatic heterocycles. The lowest BCUT2D eigenvalue weighted by molar-refractivity contribution is 0.0447. The van der Waals surface area contributed by atoms with Gasteiger partial charge < -0.3 is 29.9 Å².